The molecular weight excluding hydrogens is 294 g/mol. The zero-order valence-corrected chi connectivity index (χ0v) is 12.9. The summed E-state index contributed by atoms with van der Waals surface area (Å²) in [6, 6.07) is 6.11. The fourth-order valence-corrected chi connectivity index (χ4v) is 4.81. The third kappa shape index (κ3) is 3.26. The van der Waals surface area contributed by atoms with Crippen LogP contribution in [0.5, 0.6) is 0 Å². The van der Waals surface area contributed by atoms with Crippen molar-refractivity contribution in [2.75, 3.05) is 18.0 Å². The molecule has 0 aliphatic carbocycles. The molecule has 7 heteroatoms. The van der Waals surface area contributed by atoms with Gasteiger partial charge in [-0.25, -0.2) is 13.1 Å². The second-order valence-corrected chi connectivity index (χ2v) is 8.51. The van der Waals surface area contributed by atoms with Crippen molar-refractivity contribution in [3.63, 3.8) is 0 Å². The molecule has 0 radical (unpaired) electrons. The molecule has 0 saturated carbocycles. The highest BCUT2D eigenvalue weighted by atomic mass is 32.2. The molecule has 1 aromatic rings. The zero-order chi connectivity index (χ0) is 14.8. The zero-order valence-electron chi connectivity index (χ0n) is 11.2. The summed E-state index contributed by atoms with van der Waals surface area (Å²) in [4.78, 5) is -0.0132. The van der Waals surface area contributed by atoms with Crippen molar-refractivity contribution >= 4 is 27.5 Å². The Labute approximate surface area is 123 Å². The van der Waals surface area contributed by atoms with Crippen molar-refractivity contribution in [1.29, 1.82) is 5.26 Å². The highest BCUT2D eigenvalue weighted by molar-refractivity contribution is 8.01. The van der Waals surface area contributed by atoms with E-state index in [2.05, 4.69) is 11.6 Å². The molecule has 0 bridgehead atoms. The van der Waals surface area contributed by atoms with E-state index in [0.29, 0.717) is 12.2 Å². The van der Waals surface area contributed by atoms with Crippen molar-refractivity contribution in [3.05, 3.63) is 23.8 Å². The lowest BCUT2D eigenvalue weighted by atomic mass is 10.1. The molecule has 0 amide bonds. The number of rotatable bonds is 4. The van der Waals surface area contributed by atoms with Gasteiger partial charge in [-0.15, -0.1) is 0 Å². The van der Waals surface area contributed by atoms with E-state index in [9.17, 15) is 8.42 Å². The molecule has 1 aliphatic rings. The second-order valence-electron chi connectivity index (χ2n) is 5.09. The topological polar surface area (TPSA) is 96.0 Å². The Morgan fingerprint density at radius 3 is 2.90 bits per heavy atom. The maximum Gasteiger partial charge on any atom is 0.241 e. The third-order valence-electron chi connectivity index (χ3n) is 3.35. The van der Waals surface area contributed by atoms with Crippen LogP contribution in [-0.2, 0) is 10.0 Å². The SMILES string of the molecule is CC1(CNS(=O)(=O)c2ccc(N)cc2C#N)CCCS1. The van der Waals surface area contributed by atoms with Crippen LogP contribution in [0.25, 0.3) is 0 Å². The van der Waals surface area contributed by atoms with Crippen molar-refractivity contribution in [3.8, 4) is 6.07 Å². The smallest absolute Gasteiger partial charge is 0.241 e. The summed E-state index contributed by atoms with van der Waals surface area (Å²) in [6.45, 7) is 2.43. The summed E-state index contributed by atoms with van der Waals surface area (Å²) in [7, 11) is -3.69. The Kier molecular flexibility index (Phi) is 4.28. The Bertz CT molecular complexity index is 644. The number of nitrogens with one attached hydrogen (secondary N) is 1. The van der Waals surface area contributed by atoms with Crippen LogP contribution in [0.4, 0.5) is 5.69 Å². The molecule has 1 fully saturated rings. The van der Waals surface area contributed by atoms with Crippen LogP contribution in [0.2, 0.25) is 0 Å². The van der Waals surface area contributed by atoms with Gasteiger partial charge in [0, 0.05) is 17.0 Å². The Balaban J connectivity index is 2.21. The summed E-state index contributed by atoms with van der Waals surface area (Å²) < 4.78 is 27.2. The first-order valence-electron chi connectivity index (χ1n) is 6.30. The Morgan fingerprint density at radius 1 is 1.55 bits per heavy atom. The monoisotopic (exact) mass is 311 g/mol. The van der Waals surface area contributed by atoms with Crippen LogP contribution in [0.15, 0.2) is 23.1 Å². The number of nitrogen functional groups attached to an aromatic ring is 1. The van der Waals surface area contributed by atoms with Gasteiger partial charge in [-0.1, -0.05) is 0 Å². The first kappa shape index (κ1) is 15.2. The van der Waals surface area contributed by atoms with Gasteiger partial charge in [-0.3, -0.25) is 0 Å². The summed E-state index contributed by atoms with van der Waals surface area (Å²) in [6.07, 6.45) is 2.10. The van der Waals surface area contributed by atoms with Gasteiger partial charge in [0.2, 0.25) is 10.0 Å². The minimum Gasteiger partial charge on any atom is -0.399 e. The molecule has 1 aromatic carbocycles. The number of nitrogens with two attached hydrogens (primary N) is 1. The van der Waals surface area contributed by atoms with E-state index in [1.807, 2.05) is 6.07 Å². The average molecular weight is 311 g/mol. The molecule has 1 heterocycles. The molecule has 5 nitrogen and oxygen atoms in total. The number of anilines is 1. The van der Waals surface area contributed by atoms with Gasteiger partial charge in [-0.05, 0) is 43.7 Å². The van der Waals surface area contributed by atoms with Gasteiger partial charge in [0.05, 0.1) is 10.5 Å². The first-order chi connectivity index (χ1) is 9.36. The van der Waals surface area contributed by atoms with Gasteiger partial charge < -0.3 is 5.73 Å². The number of nitriles is 1. The highest BCUT2D eigenvalue weighted by Gasteiger charge is 2.31. The van der Waals surface area contributed by atoms with Crippen LogP contribution >= 0.6 is 11.8 Å². The first-order valence-corrected chi connectivity index (χ1v) is 8.76. The normalized spacial score (nSPS) is 22.6. The van der Waals surface area contributed by atoms with E-state index in [1.54, 1.807) is 11.8 Å². The van der Waals surface area contributed by atoms with Crippen LogP contribution in [-0.4, -0.2) is 25.5 Å². The molecule has 1 saturated heterocycles. The van der Waals surface area contributed by atoms with Crippen LogP contribution < -0.4 is 10.5 Å². The molecule has 3 N–H and O–H groups in total. The number of hydrogen-bond donors (Lipinski definition) is 2. The lowest BCUT2D eigenvalue weighted by molar-refractivity contribution is 0.552. The predicted octanol–water partition coefficient (Wildman–Crippen LogP) is 1.70. The lowest BCUT2D eigenvalue weighted by Gasteiger charge is -2.23. The van der Waals surface area contributed by atoms with Crippen molar-refractivity contribution in [2.24, 2.45) is 0 Å². The average Bonchev–Trinajstić information content (AvgIpc) is 2.84. The Morgan fingerprint density at radius 2 is 2.30 bits per heavy atom. The van der Waals surface area contributed by atoms with Crippen LogP contribution in [0.1, 0.15) is 25.3 Å². The summed E-state index contributed by atoms with van der Waals surface area (Å²) >= 11 is 1.78. The molecule has 20 heavy (non-hydrogen) atoms. The maximum atomic E-state index is 12.3. The standard InChI is InChI=1S/C13H17N3O2S2/c1-13(5-2-6-19-13)9-16-20(17,18)12-4-3-11(15)7-10(12)8-14/h3-4,7,16H,2,5-6,9,15H2,1H3. The van der Waals surface area contributed by atoms with Crippen molar-refractivity contribution in [1.82, 2.24) is 4.72 Å². The van der Waals surface area contributed by atoms with Crippen LogP contribution in [0, 0.1) is 11.3 Å². The number of benzene rings is 1. The molecular formula is C13H17N3O2S2. The van der Waals surface area contributed by atoms with E-state index in [-0.39, 0.29) is 15.2 Å². The maximum absolute atomic E-state index is 12.3. The molecule has 2 rings (SSSR count). The van der Waals surface area contributed by atoms with Crippen LogP contribution in [0.3, 0.4) is 0 Å². The summed E-state index contributed by atoms with van der Waals surface area (Å²) in [5.74, 6) is 1.06. The quantitative estimate of drug-likeness (QED) is 0.825. The number of hydrogen-bond acceptors (Lipinski definition) is 5. The van der Waals surface area contributed by atoms with Gasteiger partial charge in [0.25, 0.3) is 0 Å². The van der Waals surface area contributed by atoms with Crippen molar-refractivity contribution < 1.29 is 8.42 Å². The van der Waals surface area contributed by atoms with E-state index in [0.717, 1.165) is 18.6 Å². The minimum atomic E-state index is -3.69. The molecule has 1 aliphatic heterocycles. The number of nitrogens with zero attached hydrogens (tertiary/aromatic N) is 1. The van der Waals surface area contributed by atoms with Gasteiger partial charge in [0.15, 0.2) is 0 Å². The molecule has 1 unspecified atom stereocenters. The second kappa shape index (κ2) is 5.64. The van der Waals surface area contributed by atoms with E-state index < -0.39 is 10.0 Å². The van der Waals surface area contributed by atoms with E-state index >= 15 is 0 Å². The highest BCUT2D eigenvalue weighted by Crippen LogP contribution is 2.37. The van der Waals surface area contributed by atoms with Gasteiger partial charge in [-0.2, -0.15) is 17.0 Å². The molecule has 1 atom stereocenters. The lowest BCUT2D eigenvalue weighted by Crippen LogP contribution is -2.37. The fraction of sp³-hybridized carbons (Fsp3) is 0.462. The molecule has 0 spiro atoms. The fourth-order valence-electron chi connectivity index (χ4n) is 2.17. The summed E-state index contributed by atoms with van der Waals surface area (Å²) in [5.41, 5.74) is 6.02. The largest absolute Gasteiger partial charge is 0.399 e. The number of thioether (sulfide) groups is 1. The Hall–Kier alpha value is -1.23. The van der Waals surface area contributed by atoms with Gasteiger partial charge >= 0.3 is 0 Å². The number of sulfonamides is 1. The molecule has 108 valence electrons. The van der Waals surface area contributed by atoms with E-state index in [4.69, 9.17) is 11.0 Å². The third-order valence-corrected chi connectivity index (χ3v) is 6.35. The summed E-state index contributed by atoms with van der Waals surface area (Å²) in [5, 5.41) is 9.03. The van der Waals surface area contributed by atoms with E-state index in [1.165, 1.54) is 18.2 Å². The molecule has 0 aromatic heterocycles. The van der Waals surface area contributed by atoms with Crippen molar-refractivity contribution in [2.45, 2.75) is 29.4 Å². The minimum absolute atomic E-state index is 0.0132. The predicted molar refractivity (Wildman–Crippen MR) is 80.9 cm³/mol. The van der Waals surface area contributed by atoms with Gasteiger partial charge in [0.1, 0.15) is 6.07 Å².